The van der Waals surface area contributed by atoms with Crippen LogP contribution in [0.5, 0.6) is 0 Å². The smallest absolute Gasteiger partial charge is 0.259 e. The minimum absolute atomic E-state index is 0.143. The number of piperidine rings is 1. The van der Waals surface area contributed by atoms with Gasteiger partial charge in [0.15, 0.2) is 0 Å². The van der Waals surface area contributed by atoms with Crippen LogP contribution in [-0.2, 0) is 6.42 Å². The van der Waals surface area contributed by atoms with Gasteiger partial charge in [0, 0.05) is 41.6 Å². The van der Waals surface area contributed by atoms with E-state index in [0.717, 1.165) is 41.2 Å². The second kappa shape index (κ2) is 10.9. The van der Waals surface area contributed by atoms with Crippen LogP contribution in [0.3, 0.4) is 0 Å². The van der Waals surface area contributed by atoms with E-state index in [1.165, 1.54) is 57.4 Å². The Balaban J connectivity index is 1.11. The molecule has 0 unspecified atom stereocenters. The number of aromatic amines is 1. The Morgan fingerprint density at radius 3 is 2.43 bits per heavy atom. The van der Waals surface area contributed by atoms with E-state index in [1.807, 2.05) is 24.3 Å². The van der Waals surface area contributed by atoms with Crippen molar-refractivity contribution >= 4 is 22.3 Å². The zero-order valence-electron chi connectivity index (χ0n) is 21.3. The largest absolute Gasteiger partial charge is 0.340 e. The van der Waals surface area contributed by atoms with Gasteiger partial charge < -0.3 is 20.1 Å². The fourth-order valence-corrected chi connectivity index (χ4v) is 5.95. The van der Waals surface area contributed by atoms with Gasteiger partial charge in [-0.05, 0) is 87.6 Å². The summed E-state index contributed by atoms with van der Waals surface area (Å²) in [5, 5.41) is 4.85. The number of benzene rings is 2. The summed E-state index contributed by atoms with van der Waals surface area (Å²) >= 11 is 0. The minimum Gasteiger partial charge on any atom is -0.340 e. The van der Waals surface area contributed by atoms with Gasteiger partial charge in [-0.3, -0.25) is 4.79 Å². The van der Waals surface area contributed by atoms with Crippen LogP contribution in [0.1, 0.15) is 31.2 Å². The standard InChI is InChI=1S/C31H35N5O/c37-31-29-27(28(22-33-31)24-6-2-1-3-7-24)12-16-32-30(29)34-25-10-8-23(9-11-25)13-19-35-20-14-26(15-21-35)36-17-4-5-18-36/h1-3,6-12,16,22,26H,4-5,13-15,17-21H2,(H,32,34)(H,33,37). The summed E-state index contributed by atoms with van der Waals surface area (Å²) in [4.78, 5) is 25.6. The van der Waals surface area contributed by atoms with Crippen LogP contribution >= 0.6 is 0 Å². The van der Waals surface area contributed by atoms with Crippen LogP contribution in [-0.4, -0.2) is 58.5 Å². The van der Waals surface area contributed by atoms with E-state index in [4.69, 9.17) is 0 Å². The van der Waals surface area contributed by atoms with E-state index < -0.39 is 0 Å². The molecule has 0 radical (unpaired) electrons. The number of nitrogens with one attached hydrogen (secondary N) is 2. The van der Waals surface area contributed by atoms with Gasteiger partial charge in [0.25, 0.3) is 5.56 Å². The van der Waals surface area contributed by atoms with Crippen molar-refractivity contribution in [1.29, 1.82) is 0 Å². The highest BCUT2D eigenvalue weighted by atomic mass is 16.1. The van der Waals surface area contributed by atoms with Crippen molar-refractivity contribution in [2.45, 2.75) is 38.1 Å². The molecular formula is C31H35N5O. The number of rotatable bonds is 7. The van der Waals surface area contributed by atoms with Crippen molar-refractivity contribution in [2.75, 3.05) is 38.0 Å². The van der Waals surface area contributed by atoms with Gasteiger partial charge in [0.1, 0.15) is 5.82 Å². The zero-order chi connectivity index (χ0) is 25.0. The Hall–Kier alpha value is -3.48. The maximum absolute atomic E-state index is 12.8. The lowest BCUT2D eigenvalue weighted by atomic mass is 10.0. The summed E-state index contributed by atoms with van der Waals surface area (Å²) in [5.74, 6) is 0.574. The monoisotopic (exact) mass is 493 g/mol. The molecule has 2 N–H and O–H groups in total. The molecule has 0 aliphatic carbocycles. The lowest BCUT2D eigenvalue weighted by molar-refractivity contribution is 0.128. The number of fused-ring (bicyclic) bond motifs is 1. The van der Waals surface area contributed by atoms with Crippen LogP contribution < -0.4 is 10.9 Å². The SMILES string of the molecule is O=c1[nH]cc(-c2ccccc2)c2ccnc(Nc3ccc(CCN4CCC(N5CCCC5)CC4)cc3)c12. The molecule has 6 nitrogen and oxygen atoms in total. The molecule has 4 aromatic rings. The van der Waals surface area contributed by atoms with Gasteiger partial charge in [0.05, 0.1) is 5.39 Å². The molecule has 0 atom stereocenters. The van der Waals surface area contributed by atoms with Crippen LogP contribution in [0.25, 0.3) is 21.9 Å². The molecule has 37 heavy (non-hydrogen) atoms. The zero-order valence-corrected chi connectivity index (χ0v) is 21.3. The number of aromatic nitrogens is 2. The number of hydrogen-bond acceptors (Lipinski definition) is 5. The molecule has 0 amide bonds. The van der Waals surface area contributed by atoms with Crippen LogP contribution in [0.4, 0.5) is 11.5 Å². The van der Waals surface area contributed by atoms with Crippen molar-refractivity contribution in [2.24, 2.45) is 0 Å². The Labute approximate surface area is 218 Å². The molecular weight excluding hydrogens is 458 g/mol. The first-order chi connectivity index (χ1) is 18.2. The lowest BCUT2D eigenvalue weighted by Crippen LogP contribution is -2.44. The first-order valence-electron chi connectivity index (χ1n) is 13.6. The molecule has 2 aliphatic heterocycles. The van der Waals surface area contributed by atoms with Gasteiger partial charge in [-0.25, -0.2) is 4.98 Å². The minimum atomic E-state index is -0.143. The number of nitrogens with zero attached hydrogens (tertiary/aromatic N) is 3. The van der Waals surface area contributed by atoms with E-state index in [9.17, 15) is 4.79 Å². The molecule has 0 bridgehead atoms. The predicted octanol–water partition coefficient (Wildman–Crippen LogP) is 5.44. The lowest BCUT2D eigenvalue weighted by Gasteiger charge is -2.36. The second-order valence-corrected chi connectivity index (χ2v) is 10.4. The summed E-state index contributed by atoms with van der Waals surface area (Å²) < 4.78 is 0. The predicted molar refractivity (Wildman–Crippen MR) is 151 cm³/mol. The molecule has 2 aromatic carbocycles. The quantitative estimate of drug-likeness (QED) is 0.359. The molecule has 190 valence electrons. The average molecular weight is 494 g/mol. The van der Waals surface area contributed by atoms with Crippen molar-refractivity contribution in [3.63, 3.8) is 0 Å². The average Bonchev–Trinajstić information content (AvgIpc) is 3.49. The van der Waals surface area contributed by atoms with E-state index in [0.29, 0.717) is 11.2 Å². The molecule has 2 saturated heterocycles. The van der Waals surface area contributed by atoms with Gasteiger partial charge >= 0.3 is 0 Å². The van der Waals surface area contributed by atoms with Crippen LogP contribution in [0, 0.1) is 0 Å². The van der Waals surface area contributed by atoms with E-state index in [-0.39, 0.29) is 5.56 Å². The maximum Gasteiger partial charge on any atom is 0.259 e. The van der Waals surface area contributed by atoms with Gasteiger partial charge in [-0.1, -0.05) is 42.5 Å². The number of hydrogen-bond donors (Lipinski definition) is 2. The Bertz CT molecular complexity index is 1390. The number of pyridine rings is 2. The highest BCUT2D eigenvalue weighted by Crippen LogP contribution is 2.30. The van der Waals surface area contributed by atoms with E-state index in [2.05, 4.69) is 61.5 Å². The van der Waals surface area contributed by atoms with Crippen molar-refractivity contribution in [3.05, 3.63) is 89.0 Å². The summed E-state index contributed by atoms with van der Waals surface area (Å²) in [6, 6.07) is 21.4. The van der Waals surface area contributed by atoms with Crippen molar-refractivity contribution in [1.82, 2.24) is 19.8 Å². The normalized spacial score (nSPS) is 17.4. The van der Waals surface area contributed by atoms with Crippen LogP contribution in [0.15, 0.2) is 77.9 Å². The third-order valence-electron chi connectivity index (χ3n) is 8.05. The molecule has 2 fully saturated rings. The first kappa shape index (κ1) is 23.9. The van der Waals surface area contributed by atoms with Gasteiger partial charge in [0.2, 0.25) is 0 Å². The fraction of sp³-hybridized carbons (Fsp3) is 0.355. The molecule has 6 rings (SSSR count). The van der Waals surface area contributed by atoms with Crippen molar-refractivity contribution < 1.29 is 0 Å². The second-order valence-electron chi connectivity index (χ2n) is 10.4. The number of likely N-dealkylation sites (tertiary alicyclic amines) is 2. The van der Waals surface area contributed by atoms with Crippen molar-refractivity contribution in [3.8, 4) is 11.1 Å². The number of anilines is 2. The summed E-state index contributed by atoms with van der Waals surface area (Å²) in [6.07, 6.45) is 9.99. The topological polar surface area (TPSA) is 64.3 Å². The molecule has 4 heterocycles. The summed E-state index contributed by atoms with van der Waals surface area (Å²) in [5.41, 5.74) is 4.17. The highest BCUT2D eigenvalue weighted by molar-refractivity contribution is 6.01. The van der Waals surface area contributed by atoms with E-state index in [1.54, 1.807) is 12.4 Å². The van der Waals surface area contributed by atoms with Gasteiger partial charge in [-0.2, -0.15) is 0 Å². The Morgan fingerprint density at radius 1 is 0.919 bits per heavy atom. The molecule has 2 aromatic heterocycles. The summed E-state index contributed by atoms with van der Waals surface area (Å²) in [6.45, 7) is 6.16. The summed E-state index contributed by atoms with van der Waals surface area (Å²) in [7, 11) is 0. The molecule has 0 spiro atoms. The third-order valence-corrected chi connectivity index (χ3v) is 8.05. The Morgan fingerprint density at radius 2 is 1.68 bits per heavy atom. The maximum atomic E-state index is 12.8. The molecule has 6 heteroatoms. The highest BCUT2D eigenvalue weighted by Gasteiger charge is 2.26. The Kier molecular flexibility index (Phi) is 7.02. The van der Waals surface area contributed by atoms with Crippen LogP contribution in [0.2, 0.25) is 0 Å². The fourth-order valence-electron chi connectivity index (χ4n) is 5.95. The molecule has 2 aliphatic rings. The third kappa shape index (κ3) is 5.31. The first-order valence-corrected chi connectivity index (χ1v) is 13.6. The molecule has 0 saturated carbocycles. The number of H-pyrrole nitrogens is 1. The van der Waals surface area contributed by atoms with E-state index >= 15 is 0 Å². The van der Waals surface area contributed by atoms with Gasteiger partial charge in [-0.15, -0.1) is 0 Å².